The van der Waals surface area contributed by atoms with Gasteiger partial charge < -0.3 is 0 Å². The lowest BCUT2D eigenvalue weighted by Crippen LogP contribution is -2.06. The number of hydrogen-bond donors (Lipinski definition) is 0. The zero-order chi connectivity index (χ0) is 27.4. The Hall–Kier alpha value is -5.88. The molecule has 0 radical (unpaired) electrons. The molecule has 1 aliphatic rings. The van der Waals surface area contributed by atoms with E-state index >= 15 is 0 Å². The SMILES string of the molecule is c1ccc2c(c1)-c1nc(-n3c4ccccc4c4ccccc43)nc3nc(-n4c5ccccc5c5ccccc54)nc-2c13. The lowest BCUT2D eigenvalue weighted by molar-refractivity contribution is 0.976. The molecule has 0 amide bonds. The fraction of sp³-hybridized carbons (Fsp3) is 0. The van der Waals surface area contributed by atoms with Gasteiger partial charge in [-0.25, -0.2) is 9.97 Å². The van der Waals surface area contributed by atoms with Crippen molar-refractivity contribution < 1.29 is 0 Å². The van der Waals surface area contributed by atoms with Crippen molar-refractivity contribution in [3.8, 4) is 34.4 Å². The first-order valence-electron chi connectivity index (χ1n) is 14.0. The summed E-state index contributed by atoms with van der Waals surface area (Å²) in [7, 11) is 0. The normalized spacial score (nSPS) is 12.3. The van der Waals surface area contributed by atoms with Crippen LogP contribution in [0.4, 0.5) is 0 Å². The van der Waals surface area contributed by atoms with Crippen molar-refractivity contribution >= 4 is 54.6 Å². The highest BCUT2D eigenvalue weighted by atomic mass is 15.2. The standard InChI is InChI=1S/C36H20N6/c1-2-16-26-25(15-1)32-31-33(26)38-36(42-29-19-9-5-13-23(29)24-14-6-10-20-30(24)42)40-34(31)39-35(37-32)41-27-17-7-3-11-21(27)22-12-4-8-18-28(22)41/h1-20H. The molecule has 0 aliphatic heterocycles. The van der Waals surface area contributed by atoms with E-state index < -0.39 is 0 Å². The monoisotopic (exact) mass is 536 g/mol. The molecule has 6 nitrogen and oxygen atoms in total. The molecular weight excluding hydrogens is 516 g/mol. The largest absolute Gasteiger partial charge is 0.278 e. The second kappa shape index (κ2) is 7.86. The average molecular weight is 537 g/mol. The molecule has 0 bridgehead atoms. The van der Waals surface area contributed by atoms with Crippen molar-refractivity contribution in [2.75, 3.05) is 0 Å². The average Bonchev–Trinajstić information content (AvgIpc) is 3.68. The molecule has 0 atom stereocenters. The Morgan fingerprint density at radius 1 is 0.357 bits per heavy atom. The Morgan fingerprint density at radius 3 is 1.07 bits per heavy atom. The van der Waals surface area contributed by atoms with Crippen LogP contribution in [-0.2, 0) is 0 Å². The molecule has 0 saturated heterocycles. The van der Waals surface area contributed by atoms with E-state index in [1.54, 1.807) is 0 Å². The molecule has 0 saturated carbocycles. The number of rotatable bonds is 2. The summed E-state index contributed by atoms with van der Waals surface area (Å²) in [6, 6.07) is 42.1. The van der Waals surface area contributed by atoms with Crippen LogP contribution in [0.3, 0.4) is 0 Å². The first-order chi connectivity index (χ1) is 20.8. The third kappa shape index (κ3) is 2.73. The summed E-state index contributed by atoms with van der Waals surface area (Å²) in [4.78, 5) is 20.8. The molecule has 42 heavy (non-hydrogen) atoms. The molecule has 0 N–H and O–H groups in total. The molecule has 4 aromatic heterocycles. The molecule has 0 unspecified atom stereocenters. The summed E-state index contributed by atoms with van der Waals surface area (Å²) in [6.07, 6.45) is 0. The van der Waals surface area contributed by atoms with Crippen molar-refractivity contribution in [3.63, 3.8) is 0 Å². The van der Waals surface area contributed by atoms with E-state index in [0.717, 1.165) is 50.0 Å². The van der Waals surface area contributed by atoms with Gasteiger partial charge in [-0.05, 0) is 24.3 Å². The lowest BCUT2D eigenvalue weighted by Gasteiger charge is -2.11. The fourth-order valence-corrected chi connectivity index (χ4v) is 6.77. The van der Waals surface area contributed by atoms with Gasteiger partial charge in [-0.1, -0.05) is 97.1 Å². The van der Waals surface area contributed by atoms with E-state index in [9.17, 15) is 0 Å². The predicted molar refractivity (Wildman–Crippen MR) is 168 cm³/mol. The first-order valence-corrected chi connectivity index (χ1v) is 14.0. The number of para-hydroxylation sites is 4. The van der Waals surface area contributed by atoms with Crippen LogP contribution in [0.15, 0.2) is 121 Å². The number of benzene rings is 5. The summed E-state index contributed by atoms with van der Waals surface area (Å²) >= 11 is 0. The molecule has 0 spiro atoms. The highest BCUT2D eigenvalue weighted by Crippen LogP contribution is 2.45. The molecule has 4 heterocycles. The van der Waals surface area contributed by atoms with Crippen molar-refractivity contribution in [1.29, 1.82) is 0 Å². The van der Waals surface area contributed by atoms with E-state index in [1.165, 1.54) is 21.5 Å². The van der Waals surface area contributed by atoms with Crippen LogP contribution in [0.5, 0.6) is 0 Å². The van der Waals surface area contributed by atoms with Gasteiger partial charge in [-0.2, -0.15) is 9.97 Å². The molecule has 1 aliphatic carbocycles. The van der Waals surface area contributed by atoms with Crippen LogP contribution < -0.4 is 0 Å². The molecule has 9 aromatic rings. The lowest BCUT2D eigenvalue weighted by atomic mass is 10.1. The molecule has 10 rings (SSSR count). The van der Waals surface area contributed by atoms with Crippen LogP contribution in [0, 0.1) is 0 Å². The summed E-state index contributed by atoms with van der Waals surface area (Å²) < 4.78 is 4.31. The molecule has 5 aromatic carbocycles. The number of fused-ring (bicyclic) bond motifs is 9. The minimum Gasteiger partial charge on any atom is -0.278 e. The van der Waals surface area contributed by atoms with Crippen molar-refractivity contribution in [3.05, 3.63) is 121 Å². The minimum atomic E-state index is 0.601. The van der Waals surface area contributed by atoms with Crippen LogP contribution in [0.25, 0.3) is 89.1 Å². The fourth-order valence-electron chi connectivity index (χ4n) is 6.77. The summed E-state index contributed by atoms with van der Waals surface area (Å²) in [5, 5.41) is 5.57. The van der Waals surface area contributed by atoms with Gasteiger partial charge in [-0.3, -0.25) is 9.13 Å². The predicted octanol–water partition coefficient (Wildman–Crippen LogP) is 8.26. The maximum atomic E-state index is 5.21. The maximum absolute atomic E-state index is 5.21. The van der Waals surface area contributed by atoms with E-state index in [1.807, 2.05) is 0 Å². The van der Waals surface area contributed by atoms with Crippen LogP contribution >= 0.6 is 0 Å². The third-order valence-electron chi connectivity index (χ3n) is 8.53. The van der Waals surface area contributed by atoms with Gasteiger partial charge in [-0.15, -0.1) is 0 Å². The van der Waals surface area contributed by atoms with Gasteiger partial charge in [0.15, 0.2) is 5.65 Å². The van der Waals surface area contributed by atoms with Crippen molar-refractivity contribution in [2.24, 2.45) is 0 Å². The zero-order valence-corrected chi connectivity index (χ0v) is 22.2. The Morgan fingerprint density at radius 2 is 0.690 bits per heavy atom. The number of aromatic nitrogens is 6. The smallest absolute Gasteiger partial charge is 0.237 e. The van der Waals surface area contributed by atoms with Crippen LogP contribution in [0.2, 0.25) is 0 Å². The van der Waals surface area contributed by atoms with Gasteiger partial charge >= 0.3 is 0 Å². The second-order valence-corrected chi connectivity index (χ2v) is 10.7. The Kier molecular flexibility index (Phi) is 4.10. The quantitative estimate of drug-likeness (QED) is 0.223. The second-order valence-electron chi connectivity index (χ2n) is 10.7. The van der Waals surface area contributed by atoms with Gasteiger partial charge in [0, 0.05) is 32.7 Å². The summed E-state index contributed by atoms with van der Waals surface area (Å²) in [6.45, 7) is 0. The number of hydrogen-bond acceptors (Lipinski definition) is 4. The summed E-state index contributed by atoms with van der Waals surface area (Å²) in [5.74, 6) is 1.20. The Bertz CT molecular complexity index is 2310. The number of nitrogens with zero attached hydrogens (tertiary/aromatic N) is 6. The minimum absolute atomic E-state index is 0.601. The zero-order valence-electron chi connectivity index (χ0n) is 22.2. The highest BCUT2D eigenvalue weighted by molar-refractivity contribution is 6.13. The summed E-state index contributed by atoms with van der Waals surface area (Å²) in [5.41, 5.74) is 8.73. The highest BCUT2D eigenvalue weighted by Gasteiger charge is 2.29. The molecule has 6 heteroatoms. The molecule has 194 valence electrons. The topological polar surface area (TPSA) is 61.4 Å². The molecule has 0 fully saturated rings. The Balaban J connectivity index is 1.35. The maximum Gasteiger partial charge on any atom is 0.237 e. The van der Waals surface area contributed by atoms with E-state index in [-0.39, 0.29) is 0 Å². The molecular formula is C36H20N6. The van der Waals surface area contributed by atoms with E-state index in [2.05, 4.69) is 130 Å². The van der Waals surface area contributed by atoms with Crippen molar-refractivity contribution in [2.45, 2.75) is 0 Å². The van der Waals surface area contributed by atoms with Gasteiger partial charge in [0.05, 0.1) is 38.8 Å². The van der Waals surface area contributed by atoms with Gasteiger partial charge in [0.25, 0.3) is 0 Å². The first kappa shape index (κ1) is 21.9. The van der Waals surface area contributed by atoms with Gasteiger partial charge in [0.1, 0.15) is 0 Å². The van der Waals surface area contributed by atoms with Crippen LogP contribution in [0.1, 0.15) is 0 Å². The van der Waals surface area contributed by atoms with Crippen molar-refractivity contribution in [1.82, 2.24) is 29.1 Å². The third-order valence-corrected chi connectivity index (χ3v) is 8.53. The van der Waals surface area contributed by atoms with Gasteiger partial charge in [0.2, 0.25) is 11.9 Å². The Labute approximate surface area is 239 Å². The van der Waals surface area contributed by atoms with Crippen LogP contribution in [-0.4, -0.2) is 29.1 Å². The van der Waals surface area contributed by atoms with E-state index in [0.29, 0.717) is 17.5 Å². The van der Waals surface area contributed by atoms with E-state index in [4.69, 9.17) is 19.9 Å².